The molecule has 1 fully saturated rings. The first-order valence-electron chi connectivity index (χ1n) is 7.02. The van der Waals surface area contributed by atoms with Crippen molar-refractivity contribution in [3.8, 4) is 5.75 Å². The fourth-order valence-electron chi connectivity index (χ4n) is 2.78. The minimum absolute atomic E-state index is 0.0872. The molecule has 0 aromatic heterocycles. The molecule has 0 spiro atoms. The molecule has 1 N–H and O–H groups in total. The van der Waals surface area contributed by atoms with Gasteiger partial charge in [-0.25, -0.2) is 0 Å². The van der Waals surface area contributed by atoms with E-state index in [9.17, 15) is 5.11 Å². The van der Waals surface area contributed by atoms with E-state index in [-0.39, 0.29) is 5.41 Å². The van der Waals surface area contributed by atoms with E-state index in [0.29, 0.717) is 5.75 Å². The molecule has 0 radical (unpaired) electrons. The Morgan fingerprint density at radius 2 is 1.78 bits per heavy atom. The molecule has 2 nitrogen and oxygen atoms in total. The zero-order chi connectivity index (χ0) is 13.2. The number of hydrogen-bond donors (Lipinski definition) is 1. The molecule has 1 aromatic rings. The highest BCUT2D eigenvalue weighted by Crippen LogP contribution is 2.32. The number of aromatic hydroxyl groups is 1. The van der Waals surface area contributed by atoms with Gasteiger partial charge in [0.2, 0.25) is 0 Å². The lowest BCUT2D eigenvalue weighted by atomic mass is 9.83. The predicted molar refractivity (Wildman–Crippen MR) is 75.9 cm³/mol. The molecule has 1 aliphatic rings. The first-order chi connectivity index (χ1) is 8.48. The van der Waals surface area contributed by atoms with Crippen molar-refractivity contribution in [1.82, 2.24) is 4.90 Å². The second-order valence-electron chi connectivity index (χ2n) is 6.39. The second kappa shape index (κ2) is 5.31. The fourth-order valence-corrected chi connectivity index (χ4v) is 2.78. The van der Waals surface area contributed by atoms with E-state index in [4.69, 9.17) is 0 Å². The van der Waals surface area contributed by atoms with E-state index in [1.54, 1.807) is 0 Å². The highest BCUT2D eigenvalue weighted by molar-refractivity contribution is 5.42. The van der Waals surface area contributed by atoms with Crippen molar-refractivity contribution >= 4 is 0 Å². The minimum atomic E-state index is 0.0872. The Balaban J connectivity index is 2.25. The molecule has 100 valence electrons. The van der Waals surface area contributed by atoms with Crippen LogP contribution >= 0.6 is 0 Å². The Morgan fingerprint density at radius 3 is 2.39 bits per heavy atom. The van der Waals surface area contributed by atoms with Gasteiger partial charge in [0.25, 0.3) is 0 Å². The maximum atomic E-state index is 10.2. The molecule has 0 saturated carbocycles. The molecule has 2 rings (SSSR count). The summed E-state index contributed by atoms with van der Waals surface area (Å²) in [7, 11) is 0. The summed E-state index contributed by atoms with van der Waals surface area (Å²) in [6, 6.07) is 5.92. The van der Waals surface area contributed by atoms with E-state index in [0.717, 1.165) is 25.2 Å². The number of hydrogen-bond acceptors (Lipinski definition) is 2. The van der Waals surface area contributed by atoms with Crippen LogP contribution in [0, 0.1) is 0 Å². The van der Waals surface area contributed by atoms with Gasteiger partial charge < -0.3 is 5.11 Å². The van der Waals surface area contributed by atoms with Crippen LogP contribution in [-0.4, -0.2) is 23.1 Å². The van der Waals surface area contributed by atoms with Gasteiger partial charge in [0, 0.05) is 12.1 Å². The van der Waals surface area contributed by atoms with E-state index < -0.39 is 0 Å². The fraction of sp³-hybridized carbons (Fsp3) is 0.625. The predicted octanol–water partition coefficient (Wildman–Crippen LogP) is 3.68. The molecule has 0 bridgehead atoms. The summed E-state index contributed by atoms with van der Waals surface area (Å²) in [6.45, 7) is 9.85. The smallest absolute Gasteiger partial charge is 0.120 e. The summed E-state index contributed by atoms with van der Waals surface area (Å²) in [6.07, 6.45) is 3.93. The maximum Gasteiger partial charge on any atom is 0.120 e. The topological polar surface area (TPSA) is 23.5 Å². The average Bonchev–Trinajstić information content (AvgIpc) is 2.32. The third-order valence-electron chi connectivity index (χ3n) is 3.79. The lowest BCUT2D eigenvalue weighted by Crippen LogP contribution is -2.30. The molecule has 0 aliphatic carbocycles. The summed E-state index contributed by atoms with van der Waals surface area (Å²) in [5, 5.41) is 10.2. The third-order valence-corrected chi connectivity index (χ3v) is 3.79. The number of likely N-dealkylation sites (tertiary alicyclic amines) is 1. The van der Waals surface area contributed by atoms with Crippen LogP contribution in [-0.2, 0) is 12.0 Å². The zero-order valence-corrected chi connectivity index (χ0v) is 11.9. The van der Waals surface area contributed by atoms with Crippen LogP contribution in [0.2, 0.25) is 0 Å². The van der Waals surface area contributed by atoms with Gasteiger partial charge in [-0.3, -0.25) is 4.90 Å². The van der Waals surface area contributed by atoms with Crippen molar-refractivity contribution in [2.75, 3.05) is 13.1 Å². The number of benzene rings is 1. The normalized spacial score (nSPS) is 17.9. The Morgan fingerprint density at radius 1 is 1.11 bits per heavy atom. The van der Waals surface area contributed by atoms with Crippen molar-refractivity contribution in [3.63, 3.8) is 0 Å². The number of piperidine rings is 1. The quantitative estimate of drug-likeness (QED) is 0.862. The SMILES string of the molecule is CC(C)(C)c1cccc(O)c1CN1CCCCC1. The van der Waals surface area contributed by atoms with Crippen molar-refractivity contribution in [3.05, 3.63) is 29.3 Å². The maximum absolute atomic E-state index is 10.2. The van der Waals surface area contributed by atoms with Crippen molar-refractivity contribution in [2.24, 2.45) is 0 Å². The van der Waals surface area contributed by atoms with Crippen LogP contribution in [0.1, 0.15) is 51.2 Å². The van der Waals surface area contributed by atoms with Gasteiger partial charge in [-0.15, -0.1) is 0 Å². The van der Waals surface area contributed by atoms with Gasteiger partial charge >= 0.3 is 0 Å². The van der Waals surface area contributed by atoms with Crippen LogP contribution in [0.15, 0.2) is 18.2 Å². The first kappa shape index (κ1) is 13.4. The Labute approximate surface area is 111 Å². The van der Waals surface area contributed by atoms with Gasteiger partial charge in [0.1, 0.15) is 5.75 Å². The molecule has 0 amide bonds. The zero-order valence-electron chi connectivity index (χ0n) is 11.9. The lowest BCUT2D eigenvalue weighted by Gasteiger charge is -2.30. The van der Waals surface area contributed by atoms with Gasteiger partial charge in [-0.2, -0.15) is 0 Å². The Kier molecular flexibility index (Phi) is 3.96. The van der Waals surface area contributed by atoms with Crippen LogP contribution < -0.4 is 0 Å². The van der Waals surface area contributed by atoms with E-state index in [1.165, 1.54) is 24.8 Å². The molecule has 1 aliphatic heterocycles. The van der Waals surface area contributed by atoms with Crippen LogP contribution in [0.5, 0.6) is 5.75 Å². The monoisotopic (exact) mass is 247 g/mol. The molecule has 1 saturated heterocycles. The number of rotatable bonds is 2. The number of nitrogens with zero attached hydrogens (tertiary/aromatic N) is 1. The summed E-state index contributed by atoms with van der Waals surface area (Å²) < 4.78 is 0. The number of phenolic OH excluding ortho intramolecular Hbond substituents is 1. The summed E-state index contributed by atoms with van der Waals surface area (Å²) in [5.74, 6) is 0.452. The average molecular weight is 247 g/mol. The summed E-state index contributed by atoms with van der Waals surface area (Å²) in [5.41, 5.74) is 2.48. The van der Waals surface area contributed by atoms with Gasteiger partial charge in [-0.1, -0.05) is 39.3 Å². The van der Waals surface area contributed by atoms with Crippen molar-refractivity contribution < 1.29 is 5.11 Å². The molecule has 2 heteroatoms. The first-order valence-corrected chi connectivity index (χ1v) is 7.02. The Bertz CT molecular complexity index is 400. The number of phenols is 1. The molecular weight excluding hydrogens is 222 g/mol. The third kappa shape index (κ3) is 3.05. The Hall–Kier alpha value is -1.02. The van der Waals surface area contributed by atoms with Crippen LogP contribution in [0.4, 0.5) is 0 Å². The summed E-state index contributed by atoms with van der Waals surface area (Å²) in [4.78, 5) is 2.47. The van der Waals surface area contributed by atoms with Crippen molar-refractivity contribution in [1.29, 1.82) is 0 Å². The molecule has 0 atom stereocenters. The second-order valence-corrected chi connectivity index (χ2v) is 6.39. The van der Waals surface area contributed by atoms with Crippen molar-refractivity contribution in [2.45, 2.75) is 52.0 Å². The van der Waals surface area contributed by atoms with Gasteiger partial charge in [-0.05, 0) is 43.0 Å². The molecule has 1 heterocycles. The lowest BCUT2D eigenvalue weighted by molar-refractivity contribution is 0.217. The molecular formula is C16H25NO. The van der Waals surface area contributed by atoms with Crippen LogP contribution in [0.3, 0.4) is 0 Å². The molecule has 0 unspecified atom stereocenters. The van der Waals surface area contributed by atoms with E-state index in [2.05, 4.69) is 31.7 Å². The minimum Gasteiger partial charge on any atom is -0.508 e. The van der Waals surface area contributed by atoms with Gasteiger partial charge in [0.15, 0.2) is 0 Å². The van der Waals surface area contributed by atoms with Gasteiger partial charge in [0.05, 0.1) is 0 Å². The standard InChI is InChI=1S/C16H25NO/c1-16(2,3)14-8-7-9-15(18)13(14)12-17-10-5-4-6-11-17/h7-9,18H,4-6,10-12H2,1-3H3. The highest BCUT2D eigenvalue weighted by Gasteiger charge is 2.22. The van der Waals surface area contributed by atoms with Crippen LogP contribution in [0.25, 0.3) is 0 Å². The van der Waals surface area contributed by atoms with E-state index >= 15 is 0 Å². The highest BCUT2D eigenvalue weighted by atomic mass is 16.3. The van der Waals surface area contributed by atoms with E-state index in [1.807, 2.05) is 12.1 Å². The summed E-state index contributed by atoms with van der Waals surface area (Å²) >= 11 is 0. The molecule has 18 heavy (non-hydrogen) atoms. The molecule has 1 aromatic carbocycles. The largest absolute Gasteiger partial charge is 0.508 e.